The lowest BCUT2D eigenvalue weighted by Gasteiger charge is -2.29. The first-order valence-electron chi connectivity index (χ1n) is 4.85. The Hall–Kier alpha value is -1.50. The van der Waals surface area contributed by atoms with E-state index in [1.54, 1.807) is 23.7 Å². The Morgan fingerprint density at radius 1 is 1.67 bits per heavy atom. The van der Waals surface area contributed by atoms with E-state index in [4.69, 9.17) is 0 Å². The van der Waals surface area contributed by atoms with Crippen molar-refractivity contribution in [2.75, 3.05) is 20.1 Å². The molecule has 0 spiro atoms. The second-order valence-corrected chi connectivity index (χ2v) is 3.77. The van der Waals surface area contributed by atoms with Gasteiger partial charge >= 0.3 is 0 Å². The maximum Gasteiger partial charge on any atom is 0.228 e. The van der Waals surface area contributed by atoms with Crippen LogP contribution in [0.15, 0.2) is 0 Å². The van der Waals surface area contributed by atoms with Crippen molar-refractivity contribution in [3.8, 4) is 0 Å². The molecule has 1 aliphatic heterocycles. The van der Waals surface area contributed by atoms with E-state index in [0.29, 0.717) is 12.4 Å². The topological polar surface area (TPSA) is 75.9 Å². The minimum atomic E-state index is 0.121. The summed E-state index contributed by atoms with van der Waals surface area (Å²) in [5, 5.41) is 14.1. The summed E-state index contributed by atoms with van der Waals surface area (Å²) in [6.07, 6.45) is 0. The Labute approximate surface area is 87.4 Å². The summed E-state index contributed by atoms with van der Waals surface area (Å²) < 4.78 is 1.57. The molecule has 82 valence electrons. The second-order valence-electron chi connectivity index (χ2n) is 3.77. The van der Waals surface area contributed by atoms with Gasteiger partial charge in [-0.3, -0.25) is 4.79 Å². The third-order valence-corrected chi connectivity index (χ3v) is 2.59. The average Bonchev–Trinajstić information content (AvgIpc) is 2.49. The molecule has 0 saturated carbocycles. The summed E-state index contributed by atoms with van der Waals surface area (Å²) in [5.74, 6) is 0.964. The first-order chi connectivity index (χ1) is 7.18. The summed E-state index contributed by atoms with van der Waals surface area (Å²) in [7, 11) is 3.54. The van der Waals surface area contributed by atoms with Crippen molar-refractivity contribution in [2.45, 2.75) is 6.54 Å². The number of rotatable bonds is 3. The van der Waals surface area contributed by atoms with Gasteiger partial charge in [-0.05, 0) is 10.4 Å². The molecule has 0 bridgehead atoms. The van der Waals surface area contributed by atoms with Gasteiger partial charge < -0.3 is 10.2 Å². The summed E-state index contributed by atoms with van der Waals surface area (Å²) in [4.78, 5) is 13.4. The third kappa shape index (κ3) is 1.96. The molecule has 2 heterocycles. The molecule has 15 heavy (non-hydrogen) atoms. The number of tetrazole rings is 1. The van der Waals surface area contributed by atoms with Crippen LogP contribution in [-0.2, 0) is 18.4 Å². The van der Waals surface area contributed by atoms with Crippen LogP contribution < -0.4 is 5.32 Å². The maximum atomic E-state index is 11.8. The van der Waals surface area contributed by atoms with Gasteiger partial charge in [0.15, 0.2) is 5.82 Å². The van der Waals surface area contributed by atoms with E-state index < -0.39 is 0 Å². The molecule has 7 nitrogen and oxygen atoms in total. The van der Waals surface area contributed by atoms with Crippen molar-refractivity contribution in [2.24, 2.45) is 13.0 Å². The van der Waals surface area contributed by atoms with E-state index in [1.165, 1.54) is 0 Å². The number of aryl methyl sites for hydroxylation is 1. The molecule has 0 radical (unpaired) electrons. The highest BCUT2D eigenvalue weighted by molar-refractivity contribution is 5.79. The molecule has 0 aliphatic carbocycles. The molecule has 0 atom stereocenters. The molecule has 1 saturated heterocycles. The van der Waals surface area contributed by atoms with Gasteiger partial charge in [-0.15, -0.1) is 5.10 Å². The maximum absolute atomic E-state index is 11.8. The van der Waals surface area contributed by atoms with Crippen LogP contribution in [0.3, 0.4) is 0 Å². The summed E-state index contributed by atoms with van der Waals surface area (Å²) in [6, 6.07) is 0. The number of carbonyl (C=O) groups excluding carboxylic acids is 1. The van der Waals surface area contributed by atoms with Gasteiger partial charge in [0.05, 0.1) is 12.5 Å². The fraction of sp³-hybridized carbons (Fsp3) is 0.750. The molecule has 0 unspecified atom stereocenters. The third-order valence-electron chi connectivity index (χ3n) is 2.59. The smallest absolute Gasteiger partial charge is 0.228 e. The molecular formula is C8H14N6O. The van der Waals surface area contributed by atoms with Crippen LogP contribution in [0.4, 0.5) is 0 Å². The van der Waals surface area contributed by atoms with Gasteiger partial charge in [-0.2, -0.15) is 0 Å². The molecular weight excluding hydrogens is 196 g/mol. The monoisotopic (exact) mass is 210 g/mol. The average molecular weight is 210 g/mol. The van der Waals surface area contributed by atoms with Crippen LogP contribution >= 0.6 is 0 Å². The molecule has 1 aromatic rings. The van der Waals surface area contributed by atoms with E-state index in [9.17, 15) is 4.79 Å². The van der Waals surface area contributed by atoms with Crippen LogP contribution in [0, 0.1) is 5.92 Å². The van der Waals surface area contributed by atoms with Crippen molar-refractivity contribution in [3.63, 3.8) is 0 Å². The van der Waals surface area contributed by atoms with Crippen LogP contribution in [-0.4, -0.2) is 51.2 Å². The molecule has 2 rings (SSSR count). The number of aromatic nitrogens is 4. The van der Waals surface area contributed by atoms with E-state index in [-0.39, 0.29) is 11.8 Å². The predicted octanol–water partition coefficient (Wildman–Crippen LogP) is -1.61. The largest absolute Gasteiger partial charge is 0.338 e. The van der Waals surface area contributed by atoms with Gasteiger partial charge in [0.25, 0.3) is 0 Å². The van der Waals surface area contributed by atoms with Crippen molar-refractivity contribution in [1.29, 1.82) is 0 Å². The first-order valence-corrected chi connectivity index (χ1v) is 4.85. The standard InChI is InChI=1S/C8H14N6O/c1-13(8(15)6-3-9-4-6)5-7-10-11-12-14(7)2/h6,9H,3-5H2,1-2H3. The lowest BCUT2D eigenvalue weighted by Crippen LogP contribution is -2.51. The molecule has 1 N–H and O–H groups in total. The van der Waals surface area contributed by atoms with E-state index >= 15 is 0 Å². The van der Waals surface area contributed by atoms with Gasteiger partial charge in [-0.25, -0.2) is 4.68 Å². The Kier molecular flexibility index (Phi) is 2.63. The minimum Gasteiger partial charge on any atom is -0.338 e. The van der Waals surface area contributed by atoms with Crippen molar-refractivity contribution in [3.05, 3.63) is 5.82 Å². The quantitative estimate of drug-likeness (QED) is 0.649. The van der Waals surface area contributed by atoms with Crippen molar-refractivity contribution < 1.29 is 4.79 Å². The number of nitrogens with one attached hydrogen (secondary N) is 1. The van der Waals surface area contributed by atoms with E-state index in [0.717, 1.165) is 13.1 Å². The number of carbonyl (C=O) groups is 1. The zero-order chi connectivity index (χ0) is 10.8. The second kappa shape index (κ2) is 3.93. The predicted molar refractivity (Wildman–Crippen MR) is 51.6 cm³/mol. The van der Waals surface area contributed by atoms with Gasteiger partial charge in [-0.1, -0.05) is 0 Å². The summed E-state index contributed by atoms with van der Waals surface area (Å²) in [5.41, 5.74) is 0. The molecule has 1 amide bonds. The summed E-state index contributed by atoms with van der Waals surface area (Å²) >= 11 is 0. The fourth-order valence-electron chi connectivity index (χ4n) is 1.45. The Morgan fingerprint density at radius 2 is 2.40 bits per heavy atom. The van der Waals surface area contributed by atoms with Crippen LogP contribution in [0.25, 0.3) is 0 Å². The van der Waals surface area contributed by atoms with Crippen molar-refractivity contribution in [1.82, 2.24) is 30.4 Å². The number of amides is 1. The Bertz CT molecular complexity index is 358. The Morgan fingerprint density at radius 3 is 2.87 bits per heavy atom. The zero-order valence-corrected chi connectivity index (χ0v) is 8.84. The first kappa shape index (κ1) is 10.0. The lowest BCUT2D eigenvalue weighted by atomic mass is 10.0. The minimum absolute atomic E-state index is 0.121. The molecule has 1 aromatic heterocycles. The molecule has 1 aliphatic rings. The zero-order valence-electron chi connectivity index (χ0n) is 8.84. The molecule has 0 aromatic carbocycles. The lowest BCUT2D eigenvalue weighted by molar-refractivity contribution is -0.136. The summed E-state index contributed by atoms with van der Waals surface area (Å²) in [6.45, 7) is 2.01. The van der Waals surface area contributed by atoms with Gasteiger partial charge in [0, 0.05) is 27.2 Å². The van der Waals surface area contributed by atoms with Gasteiger partial charge in [0.1, 0.15) is 0 Å². The fourth-order valence-corrected chi connectivity index (χ4v) is 1.45. The van der Waals surface area contributed by atoms with E-state index in [2.05, 4.69) is 20.8 Å². The van der Waals surface area contributed by atoms with Crippen LogP contribution in [0.1, 0.15) is 5.82 Å². The normalized spacial score (nSPS) is 16.1. The highest BCUT2D eigenvalue weighted by Crippen LogP contribution is 2.08. The highest BCUT2D eigenvalue weighted by Gasteiger charge is 2.28. The van der Waals surface area contributed by atoms with Crippen LogP contribution in [0.2, 0.25) is 0 Å². The number of nitrogens with zero attached hydrogens (tertiary/aromatic N) is 5. The van der Waals surface area contributed by atoms with Gasteiger partial charge in [0.2, 0.25) is 5.91 Å². The molecule has 7 heteroatoms. The number of hydrogen-bond acceptors (Lipinski definition) is 5. The Balaban J connectivity index is 1.94. The van der Waals surface area contributed by atoms with E-state index in [1.807, 2.05) is 0 Å². The van der Waals surface area contributed by atoms with Crippen molar-refractivity contribution >= 4 is 5.91 Å². The van der Waals surface area contributed by atoms with Crippen LogP contribution in [0.5, 0.6) is 0 Å². The number of hydrogen-bond donors (Lipinski definition) is 1. The highest BCUT2D eigenvalue weighted by atomic mass is 16.2. The SMILES string of the molecule is CN(Cc1nnnn1C)C(=O)C1CNC1. The molecule has 1 fully saturated rings.